The van der Waals surface area contributed by atoms with Crippen LogP contribution < -0.4 is 10.6 Å². The minimum atomic E-state index is -0.330. The number of ether oxygens (including phenoxy) is 1. The molecule has 1 aliphatic rings. The van der Waals surface area contributed by atoms with Crippen LogP contribution in [0.3, 0.4) is 0 Å². The highest BCUT2D eigenvalue weighted by atomic mass is 32.1. The summed E-state index contributed by atoms with van der Waals surface area (Å²) >= 11 is 2.92. The number of thiophene rings is 1. The van der Waals surface area contributed by atoms with E-state index in [1.807, 2.05) is 6.07 Å². The molecule has 3 aromatic rings. The molecule has 1 amide bonds. The fourth-order valence-corrected chi connectivity index (χ4v) is 5.01. The van der Waals surface area contributed by atoms with E-state index in [-0.39, 0.29) is 11.7 Å². The molecule has 1 aliphatic heterocycles. The van der Waals surface area contributed by atoms with Crippen molar-refractivity contribution in [3.8, 4) is 0 Å². The third-order valence-corrected chi connectivity index (χ3v) is 6.56. The molecule has 2 aromatic heterocycles. The Hall–Kier alpha value is -2.07. The maximum atomic E-state index is 13.0. The van der Waals surface area contributed by atoms with Crippen molar-refractivity contribution in [3.63, 3.8) is 0 Å². The minimum absolute atomic E-state index is 0.207. The van der Waals surface area contributed by atoms with E-state index in [4.69, 9.17) is 4.74 Å². The van der Waals surface area contributed by atoms with Crippen LogP contribution in [-0.2, 0) is 4.74 Å². The topological polar surface area (TPSA) is 66.5 Å². The standard InChI is InChI=1S/C19H21FN4O2S2/c20-13-2-4-14(5-3-13)22-17(25)15-12-16-18(27-15)23-19(28-16)21-6-1-7-24-8-10-26-11-9-24/h2-5,12H,1,6-11H2,(H,21,23)(H,22,25). The molecule has 4 rings (SSSR count). The van der Waals surface area contributed by atoms with Crippen molar-refractivity contribution < 1.29 is 13.9 Å². The summed E-state index contributed by atoms with van der Waals surface area (Å²) in [6.45, 7) is 5.60. The van der Waals surface area contributed by atoms with Gasteiger partial charge in [-0.05, 0) is 43.3 Å². The number of amides is 1. The van der Waals surface area contributed by atoms with E-state index in [0.29, 0.717) is 10.6 Å². The van der Waals surface area contributed by atoms with Crippen molar-refractivity contribution in [2.45, 2.75) is 6.42 Å². The first-order chi connectivity index (χ1) is 13.7. The number of morpholine rings is 1. The number of nitrogens with zero attached hydrogens (tertiary/aromatic N) is 2. The number of thiazole rings is 1. The fraction of sp³-hybridized carbons (Fsp3) is 0.368. The van der Waals surface area contributed by atoms with Crippen LogP contribution in [0.4, 0.5) is 15.2 Å². The first-order valence-electron chi connectivity index (χ1n) is 9.19. The van der Waals surface area contributed by atoms with Crippen molar-refractivity contribution in [2.75, 3.05) is 50.0 Å². The summed E-state index contributed by atoms with van der Waals surface area (Å²) in [5.41, 5.74) is 0.568. The largest absolute Gasteiger partial charge is 0.379 e. The number of benzene rings is 1. The lowest BCUT2D eigenvalue weighted by molar-refractivity contribution is 0.0378. The van der Waals surface area contributed by atoms with Gasteiger partial charge in [0.1, 0.15) is 10.6 Å². The van der Waals surface area contributed by atoms with Gasteiger partial charge in [-0.3, -0.25) is 9.69 Å². The Morgan fingerprint density at radius 1 is 1.21 bits per heavy atom. The highest BCUT2D eigenvalue weighted by molar-refractivity contribution is 7.29. The zero-order chi connectivity index (χ0) is 19.3. The predicted molar refractivity (Wildman–Crippen MR) is 112 cm³/mol. The zero-order valence-corrected chi connectivity index (χ0v) is 16.9. The molecule has 9 heteroatoms. The molecule has 148 valence electrons. The summed E-state index contributed by atoms with van der Waals surface area (Å²) in [6.07, 6.45) is 1.05. The molecule has 6 nitrogen and oxygen atoms in total. The van der Waals surface area contributed by atoms with Crippen molar-refractivity contribution in [2.24, 2.45) is 0 Å². The Bertz CT molecular complexity index is 904. The fourth-order valence-electron chi connectivity index (χ4n) is 2.97. The maximum Gasteiger partial charge on any atom is 0.265 e. The van der Waals surface area contributed by atoms with E-state index in [9.17, 15) is 9.18 Å². The number of nitrogens with one attached hydrogen (secondary N) is 2. The van der Waals surface area contributed by atoms with Crippen molar-refractivity contribution in [1.82, 2.24) is 9.88 Å². The number of carbonyl (C=O) groups excluding carboxylic acids is 1. The quantitative estimate of drug-likeness (QED) is 0.568. The van der Waals surface area contributed by atoms with Crippen LogP contribution in [0.2, 0.25) is 0 Å². The molecule has 0 radical (unpaired) electrons. The lowest BCUT2D eigenvalue weighted by Gasteiger charge is -2.26. The summed E-state index contributed by atoms with van der Waals surface area (Å²) in [7, 11) is 0. The van der Waals surface area contributed by atoms with Gasteiger partial charge in [0.15, 0.2) is 5.13 Å². The number of anilines is 2. The highest BCUT2D eigenvalue weighted by Crippen LogP contribution is 2.33. The lowest BCUT2D eigenvalue weighted by atomic mass is 10.3. The van der Waals surface area contributed by atoms with Crippen molar-refractivity contribution in [1.29, 1.82) is 0 Å². The summed E-state index contributed by atoms with van der Waals surface area (Å²) in [5, 5.41) is 7.03. The van der Waals surface area contributed by atoms with Crippen LogP contribution in [0.25, 0.3) is 9.53 Å². The van der Waals surface area contributed by atoms with E-state index >= 15 is 0 Å². The monoisotopic (exact) mass is 420 g/mol. The third kappa shape index (κ3) is 4.85. The van der Waals surface area contributed by atoms with Gasteiger partial charge in [-0.15, -0.1) is 11.3 Å². The number of rotatable bonds is 7. The van der Waals surface area contributed by atoms with Crippen LogP contribution in [0.15, 0.2) is 30.3 Å². The van der Waals surface area contributed by atoms with E-state index < -0.39 is 0 Å². The molecule has 3 heterocycles. The summed E-state index contributed by atoms with van der Waals surface area (Å²) in [5.74, 6) is -0.536. The van der Waals surface area contributed by atoms with Crippen LogP contribution in [0, 0.1) is 5.82 Å². The second-order valence-corrected chi connectivity index (χ2v) is 8.56. The number of hydrogen-bond acceptors (Lipinski definition) is 7. The van der Waals surface area contributed by atoms with Gasteiger partial charge in [-0.1, -0.05) is 11.3 Å². The van der Waals surface area contributed by atoms with Gasteiger partial charge in [0.25, 0.3) is 5.91 Å². The second kappa shape index (κ2) is 8.95. The molecule has 0 bridgehead atoms. The van der Waals surface area contributed by atoms with Crippen LogP contribution >= 0.6 is 22.7 Å². The van der Waals surface area contributed by atoms with E-state index in [2.05, 4.69) is 20.5 Å². The van der Waals surface area contributed by atoms with Gasteiger partial charge in [-0.25, -0.2) is 9.37 Å². The molecule has 0 aliphatic carbocycles. The Kier molecular flexibility index (Phi) is 6.16. The zero-order valence-electron chi connectivity index (χ0n) is 15.2. The van der Waals surface area contributed by atoms with Gasteiger partial charge in [0.05, 0.1) is 22.8 Å². The molecular weight excluding hydrogens is 399 g/mol. The molecule has 0 saturated carbocycles. The molecule has 1 fully saturated rings. The van der Waals surface area contributed by atoms with Gasteiger partial charge in [0, 0.05) is 25.3 Å². The lowest BCUT2D eigenvalue weighted by Crippen LogP contribution is -2.37. The van der Waals surface area contributed by atoms with E-state index in [1.165, 1.54) is 23.5 Å². The Labute approximate surface area is 170 Å². The molecule has 28 heavy (non-hydrogen) atoms. The van der Waals surface area contributed by atoms with Gasteiger partial charge >= 0.3 is 0 Å². The van der Waals surface area contributed by atoms with Gasteiger partial charge in [0.2, 0.25) is 0 Å². The normalized spacial score (nSPS) is 15.0. The molecule has 0 spiro atoms. The predicted octanol–water partition coefficient (Wildman–Crippen LogP) is 3.88. The van der Waals surface area contributed by atoms with Gasteiger partial charge in [-0.2, -0.15) is 0 Å². The van der Waals surface area contributed by atoms with E-state index in [0.717, 1.165) is 60.5 Å². The molecule has 1 aromatic carbocycles. The average molecular weight is 421 g/mol. The Balaban J connectivity index is 1.29. The Morgan fingerprint density at radius 2 is 2.00 bits per heavy atom. The summed E-state index contributed by atoms with van der Waals surface area (Å²) in [4.78, 5) is 20.8. The molecular formula is C19H21FN4O2S2. The average Bonchev–Trinajstić information content (AvgIpc) is 3.27. The number of hydrogen-bond donors (Lipinski definition) is 2. The van der Waals surface area contributed by atoms with Crippen molar-refractivity contribution >= 4 is 48.9 Å². The van der Waals surface area contributed by atoms with Crippen LogP contribution in [0.1, 0.15) is 16.1 Å². The number of aromatic nitrogens is 1. The molecule has 1 saturated heterocycles. The van der Waals surface area contributed by atoms with Crippen molar-refractivity contribution in [3.05, 3.63) is 41.0 Å². The first kappa shape index (κ1) is 19.3. The minimum Gasteiger partial charge on any atom is -0.379 e. The highest BCUT2D eigenvalue weighted by Gasteiger charge is 2.14. The molecule has 0 unspecified atom stereocenters. The molecule has 2 N–H and O–H groups in total. The number of fused-ring (bicyclic) bond motifs is 1. The third-order valence-electron chi connectivity index (χ3n) is 4.45. The summed E-state index contributed by atoms with van der Waals surface area (Å²) in [6, 6.07) is 7.58. The van der Waals surface area contributed by atoms with Crippen LogP contribution in [0.5, 0.6) is 0 Å². The number of carbonyl (C=O) groups is 1. The van der Waals surface area contributed by atoms with Gasteiger partial charge < -0.3 is 15.4 Å². The van der Waals surface area contributed by atoms with Crippen LogP contribution in [-0.4, -0.2) is 55.2 Å². The number of halogens is 1. The van der Waals surface area contributed by atoms with E-state index in [1.54, 1.807) is 23.5 Å². The Morgan fingerprint density at radius 3 is 2.75 bits per heavy atom. The summed E-state index contributed by atoms with van der Waals surface area (Å²) < 4.78 is 19.3. The maximum absolute atomic E-state index is 13.0. The molecule has 0 atom stereocenters. The smallest absolute Gasteiger partial charge is 0.265 e. The SMILES string of the molecule is O=C(Nc1ccc(F)cc1)c1cc2sc(NCCCN3CCOCC3)nc2s1. The second-order valence-electron chi connectivity index (χ2n) is 6.49. The first-order valence-corrected chi connectivity index (χ1v) is 10.8.